The quantitative estimate of drug-likeness (QED) is 0.891. The predicted molar refractivity (Wildman–Crippen MR) is 73.8 cm³/mol. The van der Waals surface area contributed by atoms with Gasteiger partial charge in [0.15, 0.2) is 0 Å². The first-order chi connectivity index (χ1) is 9.49. The van der Waals surface area contributed by atoms with E-state index in [4.69, 9.17) is 16.7 Å². The zero-order valence-corrected chi connectivity index (χ0v) is 11.6. The molecule has 0 aliphatic carbocycles. The minimum absolute atomic E-state index is 0.370. The molecule has 1 unspecified atom stereocenters. The Morgan fingerprint density at radius 2 is 1.70 bits per heavy atom. The molecule has 20 heavy (non-hydrogen) atoms. The van der Waals surface area contributed by atoms with Crippen LogP contribution in [-0.4, -0.2) is 40.1 Å². The van der Waals surface area contributed by atoms with Crippen LogP contribution in [0.15, 0.2) is 24.3 Å². The first-order valence-corrected chi connectivity index (χ1v) is 6.82. The Kier molecular flexibility index (Phi) is 4.62. The van der Waals surface area contributed by atoms with E-state index in [9.17, 15) is 14.7 Å². The van der Waals surface area contributed by atoms with E-state index in [1.165, 1.54) is 0 Å². The number of piperidine rings is 1. The normalized spacial score (nSPS) is 18.6. The Hall–Kier alpha value is -1.59. The van der Waals surface area contributed by atoms with Gasteiger partial charge in [-0.05, 0) is 30.5 Å². The zero-order valence-electron chi connectivity index (χ0n) is 10.8. The summed E-state index contributed by atoms with van der Waals surface area (Å²) in [7, 11) is 0. The maximum absolute atomic E-state index is 11.5. The zero-order chi connectivity index (χ0) is 14.7. The molecule has 2 rings (SSSR count). The second-order valence-corrected chi connectivity index (χ2v) is 5.38. The molecule has 1 atom stereocenters. The molecular weight excluding hydrogens is 282 g/mol. The Morgan fingerprint density at radius 3 is 2.15 bits per heavy atom. The monoisotopic (exact) mass is 297 g/mol. The molecule has 1 aliphatic rings. The third-order valence-electron chi connectivity index (χ3n) is 3.66. The van der Waals surface area contributed by atoms with Gasteiger partial charge in [0.25, 0.3) is 0 Å². The van der Waals surface area contributed by atoms with E-state index in [0.717, 1.165) is 0 Å². The number of carboxylic acids is 2. The van der Waals surface area contributed by atoms with Gasteiger partial charge in [0, 0.05) is 18.1 Å². The molecule has 0 aromatic heterocycles. The summed E-state index contributed by atoms with van der Waals surface area (Å²) >= 11 is 5.81. The molecule has 5 nitrogen and oxygen atoms in total. The van der Waals surface area contributed by atoms with Crippen LogP contribution in [0.4, 0.5) is 0 Å². The van der Waals surface area contributed by atoms with Crippen LogP contribution in [0.25, 0.3) is 0 Å². The molecular formula is C14H16ClNO4. The molecule has 0 saturated carbocycles. The highest BCUT2D eigenvalue weighted by atomic mass is 35.5. The van der Waals surface area contributed by atoms with Crippen LogP contribution in [0.5, 0.6) is 0 Å². The van der Waals surface area contributed by atoms with Gasteiger partial charge in [-0.15, -0.1) is 0 Å². The highest BCUT2D eigenvalue weighted by molar-refractivity contribution is 6.30. The standard InChI is InChI=1S/C14H16ClNO4/c15-11-3-1-9(2-4-11)12(14(19)20)16-7-5-10(6-8-16)13(17)18/h1-4,10,12H,5-8H2,(H,17,18)(H,19,20). The number of hydrogen-bond donors (Lipinski definition) is 2. The topological polar surface area (TPSA) is 77.8 Å². The van der Waals surface area contributed by atoms with E-state index in [1.807, 2.05) is 4.90 Å². The first-order valence-electron chi connectivity index (χ1n) is 6.44. The van der Waals surface area contributed by atoms with Crippen molar-refractivity contribution in [2.75, 3.05) is 13.1 Å². The summed E-state index contributed by atoms with van der Waals surface area (Å²) in [5, 5.41) is 19.0. The van der Waals surface area contributed by atoms with Gasteiger partial charge in [0.05, 0.1) is 5.92 Å². The van der Waals surface area contributed by atoms with E-state index in [-0.39, 0.29) is 5.92 Å². The molecule has 0 radical (unpaired) electrons. The van der Waals surface area contributed by atoms with E-state index in [0.29, 0.717) is 36.5 Å². The van der Waals surface area contributed by atoms with Crippen molar-refractivity contribution in [1.29, 1.82) is 0 Å². The van der Waals surface area contributed by atoms with Gasteiger partial charge in [-0.3, -0.25) is 14.5 Å². The molecule has 0 spiro atoms. The Bertz CT molecular complexity index is 494. The average molecular weight is 298 g/mol. The van der Waals surface area contributed by atoms with Crippen molar-refractivity contribution in [3.63, 3.8) is 0 Å². The largest absolute Gasteiger partial charge is 0.481 e. The van der Waals surface area contributed by atoms with Gasteiger partial charge in [0.2, 0.25) is 0 Å². The van der Waals surface area contributed by atoms with Crippen LogP contribution in [0, 0.1) is 5.92 Å². The van der Waals surface area contributed by atoms with Gasteiger partial charge >= 0.3 is 11.9 Å². The van der Waals surface area contributed by atoms with Crippen molar-refractivity contribution in [2.24, 2.45) is 5.92 Å². The lowest BCUT2D eigenvalue weighted by Crippen LogP contribution is -2.41. The Balaban J connectivity index is 2.12. The summed E-state index contributed by atoms with van der Waals surface area (Å²) in [5.41, 5.74) is 0.663. The van der Waals surface area contributed by atoms with Crippen LogP contribution >= 0.6 is 11.6 Å². The summed E-state index contributed by atoms with van der Waals surface area (Å²) < 4.78 is 0. The summed E-state index contributed by atoms with van der Waals surface area (Å²) in [5.74, 6) is -2.10. The Morgan fingerprint density at radius 1 is 1.15 bits per heavy atom. The van der Waals surface area contributed by atoms with E-state index in [1.54, 1.807) is 24.3 Å². The van der Waals surface area contributed by atoms with Gasteiger partial charge in [-0.2, -0.15) is 0 Å². The summed E-state index contributed by atoms with van der Waals surface area (Å²) in [6, 6.07) is 5.98. The third kappa shape index (κ3) is 3.29. The molecule has 1 heterocycles. The van der Waals surface area contributed by atoms with Gasteiger partial charge in [-0.1, -0.05) is 23.7 Å². The van der Waals surface area contributed by atoms with Crippen LogP contribution in [0.2, 0.25) is 5.02 Å². The molecule has 2 N–H and O–H groups in total. The number of aliphatic carboxylic acids is 2. The van der Waals surface area contributed by atoms with Crippen molar-refractivity contribution in [3.8, 4) is 0 Å². The highest BCUT2D eigenvalue weighted by Gasteiger charge is 2.32. The second kappa shape index (κ2) is 6.24. The lowest BCUT2D eigenvalue weighted by Gasteiger charge is -2.34. The lowest BCUT2D eigenvalue weighted by molar-refractivity contribution is -0.146. The summed E-state index contributed by atoms with van der Waals surface area (Å²) in [6.45, 7) is 0.938. The van der Waals surface area contributed by atoms with Crippen molar-refractivity contribution >= 4 is 23.5 Å². The number of carboxylic acid groups (broad SMARTS) is 2. The lowest BCUT2D eigenvalue weighted by atomic mass is 9.94. The number of likely N-dealkylation sites (tertiary alicyclic amines) is 1. The van der Waals surface area contributed by atoms with Gasteiger partial charge < -0.3 is 10.2 Å². The minimum Gasteiger partial charge on any atom is -0.481 e. The van der Waals surface area contributed by atoms with E-state index < -0.39 is 18.0 Å². The van der Waals surface area contributed by atoms with Crippen molar-refractivity contribution < 1.29 is 19.8 Å². The molecule has 108 valence electrons. The molecule has 1 aliphatic heterocycles. The SMILES string of the molecule is O=C(O)C1CCN(C(C(=O)O)c2ccc(Cl)cc2)CC1. The van der Waals surface area contributed by atoms with Crippen LogP contribution in [-0.2, 0) is 9.59 Å². The fourth-order valence-corrected chi connectivity index (χ4v) is 2.69. The van der Waals surface area contributed by atoms with E-state index in [2.05, 4.69) is 0 Å². The summed E-state index contributed by atoms with van der Waals surface area (Å²) in [6.07, 6.45) is 0.958. The molecule has 1 fully saturated rings. The van der Waals surface area contributed by atoms with Crippen LogP contribution in [0.3, 0.4) is 0 Å². The second-order valence-electron chi connectivity index (χ2n) is 4.94. The maximum atomic E-state index is 11.5. The van der Waals surface area contributed by atoms with E-state index >= 15 is 0 Å². The Labute approximate surface area is 121 Å². The van der Waals surface area contributed by atoms with Crippen molar-refractivity contribution in [3.05, 3.63) is 34.9 Å². The number of nitrogens with zero attached hydrogens (tertiary/aromatic N) is 1. The number of carbonyl (C=O) groups is 2. The van der Waals surface area contributed by atoms with Crippen LogP contribution in [0.1, 0.15) is 24.4 Å². The van der Waals surface area contributed by atoms with Gasteiger partial charge in [-0.25, -0.2) is 0 Å². The van der Waals surface area contributed by atoms with Gasteiger partial charge in [0.1, 0.15) is 6.04 Å². The number of halogens is 1. The van der Waals surface area contributed by atoms with Crippen molar-refractivity contribution in [1.82, 2.24) is 4.90 Å². The smallest absolute Gasteiger partial charge is 0.325 e. The van der Waals surface area contributed by atoms with Crippen molar-refractivity contribution in [2.45, 2.75) is 18.9 Å². The molecule has 0 amide bonds. The average Bonchev–Trinajstić information content (AvgIpc) is 2.41. The number of benzene rings is 1. The molecule has 0 bridgehead atoms. The maximum Gasteiger partial charge on any atom is 0.325 e. The minimum atomic E-state index is -0.930. The highest BCUT2D eigenvalue weighted by Crippen LogP contribution is 2.28. The molecule has 6 heteroatoms. The molecule has 1 aromatic carbocycles. The van der Waals surface area contributed by atoms with Crippen LogP contribution < -0.4 is 0 Å². The summed E-state index contributed by atoms with van der Waals surface area (Å²) in [4.78, 5) is 24.2. The first kappa shape index (κ1) is 14.8. The number of rotatable bonds is 4. The molecule has 1 saturated heterocycles. The fourth-order valence-electron chi connectivity index (χ4n) is 2.56. The molecule has 1 aromatic rings. The number of hydrogen-bond acceptors (Lipinski definition) is 3. The third-order valence-corrected chi connectivity index (χ3v) is 3.92. The fraction of sp³-hybridized carbons (Fsp3) is 0.429. The predicted octanol–water partition coefficient (Wildman–Crippen LogP) is 2.26.